The van der Waals surface area contributed by atoms with Gasteiger partial charge in [0.2, 0.25) is 0 Å². The van der Waals surface area contributed by atoms with Crippen molar-refractivity contribution in [3.05, 3.63) is 75.3 Å². The van der Waals surface area contributed by atoms with Crippen molar-refractivity contribution in [2.24, 2.45) is 0 Å². The van der Waals surface area contributed by atoms with E-state index in [2.05, 4.69) is 4.98 Å². The summed E-state index contributed by atoms with van der Waals surface area (Å²) in [5.41, 5.74) is 1.09. The normalized spacial score (nSPS) is 11.7. The van der Waals surface area contributed by atoms with Gasteiger partial charge >= 0.3 is 0 Å². The van der Waals surface area contributed by atoms with Crippen molar-refractivity contribution in [3.63, 3.8) is 0 Å². The minimum Gasteiger partial charge on any atom is -0.506 e. The van der Waals surface area contributed by atoms with E-state index in [9.17, 15) is 14.8 Å². The first-order valence-electron chi connectivity index (χ1n) is 6.91. The molecule has 3 nitrogen and oxygen atoms in total. The molecular weight excluding hydrogens is 347 g/mol. The highest BCUT2D eigenvalue weighted by molar-refractivity contribution is 7.11. The topological polar surface area (TPSA) is 56.9 Å². The van der Waals surface area contributed by atoms with E-state index in [-0.39, 0.29) is 11.3 Å². The molecule has 3 rings (SSSR count). The summed E-state index contributed by atoms with van der Waals surface area (Å²) in [7, 11) is 0. The number of allylic oxidation sites excluding steroid dienone is 1. The van der Waals surface area contributed by atoms with Crippen molar-refractivity contribution >= 4 is 34.3 Å². The average molecular weight is 357 g/mol. The molecule has 0 unspecified atom stereocenters. The van der Waals surface area contributed by atoms with Gasteiger partial charge in [0.15, 0.2) is 0 Å². The van der Waals surface area contributed by atoms with Crippen molar-refractivity contribution in [1.82, 2.24) is 4.98 Å². The van der Waals surface area contributed by atoms with E-state index in [4.69, 9.17) is 11.6 Å². The van der Waals surface area contributed by atoms with Crippen molar-refractivity contribution in [2.45, 2.75) is 0 Å². The molecule has 0 saturated carbocycles. The molecule has 0 saturated heterocycles. The Bertz CT molecular complexity index is 975. The smallest absolute Gasteiger partial charge is 0.145 e. The highest BCUT2D eigenvalue weighted by Gasteiger charge is 2.17. The predicted octanol–water partition coefficient (Wildman–Crippen LogP) is 5.55. The van der Waals surface area contributed by atoms with Crippen molar-refractivity contribution < 1.29 is 9.50 Å². The van der Waals surface area contributed by atoms with Crippen LogP contribution in [0.2, 0.25) is 5.02 Å². The van der Waals surface area contributed by atoms with Crippen LogP contribution in [0.1, 0.15) is 10.6 Å². The number of hydrogen-bond acceptors (Lipinski definition) is 4. The molecule has 0 radical (unpaired) electrons. The fourth-order valence-electron chi connectivity index (χ4n) is 2.17. The Hall–Kier alpha value is -2.68. The number of benzene rings is 2. The summed E-state index contributed by atoms with van der Waals surface area (Å²) in [5, 5.41) is 22.1. The van der Waals surface area contributed by atoms with Gasteiger partial charge in [0.25, 0.3) is 0 Å². The number of rotatable bonds is 3. The van der Waals surface area contributed by atoms with Gasteiger partial charge in [-0.05, 0) is 24.3 Å². The summed E-state index contributed by atoms with van der Waals surface area (Å²) in [6, 6.07) is 14.9. The zero-order valence-corrected chi connectivity index (χ0v) is 13.8. The summed E-state index contributed by atoms with van der Waals surface area (Å²) in [6.07, 6.45) is 0. The first kappa shape index (κ1) is 16.2. The van der Waals surface area contributed by atoms with Crippen LogP contribution in [-0.4, -0.2) is 10.1 Å². The Morgan fingerprint density at radius 2 is 1.88 bits per heavy atom. The lowest BCUT2D eigenvalue weighted by Gasteiger charge is -2.04. The fraction of sp³-hybridized carbons (Fsp3) is 0. The molecule has 6 heteroatoms. The molecule has 1 N–H and O–H groups in total. The number of nitrogens with zero attached hydrogens (tertiary/aromatic N) is 2. The highest BCUT2D eigenvalue weighted by Crippen LogP contribution is 2.32. The number of halogens is 2. The number of hydrogen-bond donors (Lipinski definition) is 1. The third kappa shape index (κ3) is 3.02. The number of nitriles is 1. The average Bonchev–Trinajstić information content (AvgIpc) is 3.05. The SMILES string of the molecule is N#C/C(=C(\O)c1ccccc1Cl)c1nc(-c2ccccc2F)cs1. The third-order valence-electron chi connectivity index (χ3n) is 3.35. The second-order valence-corrected chi connectivity index (χ2v) is 6.10. The van der Waals surface area contributed by atoms with E-state index >= 15 is 0 Å². The zero-order valence-electron chi connectivity index (χ0n) is 12.2. The summed E-state index contributed by atoms with van der Waals surface area (Å²) in [5.74, 6) is -0.648. The monoisotopic (exact) mass is 356 g/mol. The van der Waals surface area contributed by atoms with E-state index in [1.807, 2.05) is 6.07 Å². The van der Waals surface area contributed by atoms with Crippen LogP contribution >= 0.6 is 22.9 Å². The van der Waals surface area contributed by atoms with E-state index in [1.54, 1.807) is 47.8 Å². The van der Waals surface area contributed by atoms with Crippen molar-refractivity contribution in [2.75, 3.05) is 0 Å². The highest BCUT2D eigenvalue weighted by atomic mass is 35.5. The number of aliphatic hydroxyl groups is 1. The third-order valence-corrected chi connectivity index (χ3v) is 4.53. The van der Waals surface area contributed by atoms with Crippen LogP contribution in [-0.2, 0) is 0 Å². The molecule has 1 heterocycles. The molecule has 0 bridgehead atoms. The molecule has 118 valence electrons. The van der Waals surface area contributed by atoms with Gasteiger partial charge in [-0.15, -0.1) is 11.3 Å². The molecule has 24 heavy (non-hydrogen) atoms. The minimum atomic E-state index is -0.396. The maximum absolute atomic E-state index is 13.9. The number of thiazole rings is 1. The minimum absolute atomic E-state index is 0.00399. The molecule has 1 aromatic heterocycles. The maximum atomic E-state index is 13.9. The van der Waals surface area contributed by atoms with Crippen LogP contribution in [0.25, 0.3) is 22.6 Å². The van der Waals surface area contributed by atoms with Gasteiger partial charge in [0, 0.05) is 16.5 Å². The molecule has 0 amide bonds. The van der Waals surface area contributed by atoms with E-state index in [1.165, 1.54) is 6.07 Å². The molecule has 0 spiro atoms. The van der Waals surface area contributed by atoms with Gasteiger partial charge in [-0.3, -0.25) is 0 Å². The van der Waals surface area contributed by atoms with Gasteiger partial charge in [-0.1, -0.05) is 35.9 Å². The van der Waals surface area contributed by atoms with Crippen LogP contribution in [0.4, 0.5) is 4.39 Å². The van der Waals surface area contributed by atoms with Gasteiger partial charge in [0.1, 0.15) is 28.2 Å². The Kier molecular flexibility index (Phi) is 4.61. The van der Waals surface area contributed by atoms with Crippen LogP contribution < -0.4 is 0 Å². The van der Waals surface area contributed by atoms with Crippen LogP contribution in [0, 0.1) is 17.1 Å². The van der Waals surface area contributed by atoms with Crippen molar-refractivity contribution in [1.29, 1.82) is 5.26 Å². The molecule has 3 aromatic rings. The Balaban J connectivity index is 2.08. The maximum Gasteiger partial charge on any atom is 0.145 e. The van der Waals surface area contributed by atoms with Crippen molar-refractivity contribution in [3.8, 4) is 17.3 Å². The largest absolute Gasteiger partial charge is 0.506 e. The molecule has 0 aliphatic carbocycles. The Labute approximate surface area is 146 Å². The molecule has 0 aliphatic heterocycles. The first-order chi connectivity index (χ1) is 11.6. The lowest BCUT2D eigenvalue weighted by atomic mass is 10.1. The van der Waals surface area contributed by atoms with Gasteiger partial charge in [-0.25, -0.2) is 9.37 Å². The summed E-state index contributed by atoms with van der Waals surface area (Å²) >= 11 is 7.21. The number of aromatic nitrogens is 1. The fourth-order valence-corrected chi connectivity index (χ4v) is 3.21. The quantitative estimate of drug-likeness (QED) is 0.494. The molecule has 2 aromatic carbocycles. The zero-order chi connectivity index (χ0) is 17.1. The predicted molar refractivity (Wildman–Crippen MR) is 94.0 cm³/mol. The Morgan fingerprint density at radius 3 is 2.58 bits per heavy atom. The lowest BCUT2D eigenvalue weighted by Crippen LogP contribution is -1.91. The van der Waals surface area contributed by atoms with Crippen LogP contribution in [0.3, 0.4) is 0 Å². The van der Waals surface area contributed by atoms with E-state index in [0.717, 1.165) is 11.3 Å². The summed E-state index contributed by atoms with van der Waals surface area (Å²) in [6.45, 7) is 0. The first-order valence-corrected chi connectivity index (χ1v) is 8.16. The number of aliphatic hydroxyl groups excluding tert-OH is 1. The van der Waals surface area contributed by atoms with Gasteiger partial charge in [0.05, 0.1) is 10.7 Å². The van der Waals surface area contributed by atoms with E-state index < -0.39 is 5.82 Å². The lowest BCUT2D eigenvalue weighted by molar-refractivity contribution is 0.514. The molecule has 0 fully saturated rings. The summed E-state index contributed by atoms with van der Waals surface area (Å²) in [4.78, 5) is 4.28. The van der Waals surface area contributed by atoms with Crippen LogP contribution in [0.5, 0.6) is 0 Å². The van der Waals surface area contributed by atoms with Crippen LogP contribution in [0.15, 0.2) is 53.9 Å². The molecule has 0 atom stereocenters. The second kappa shape index (κ2) is 6.83. The Morgan fingerprint density at radius 1 is 1.17 bits per heavy atom. The van der Waals surface area contributed by atoms with Gasteiger partial charge < -0.3 is 5.11 Å². The molecular formula is C18H10ClFN2OS. The second-order valence-electron chi connectivity index (χ2n) is 4.83. The van der Waals surface area contributed by atoms with Gasteiger partial charge in [-0.2, -0.15) is 5.26 Å². The summed E-state index contributed by atoms with van der Waals surface area (Å²) < 4.78 is 13.9. The molecule has 0 aliphatic rings. The standard InChI is InChI=1S/C18H10ClFN2OS/c19-14-7-3-1-5-11(14)17(23)13(9-21)18-22-16(10-24-18)12-6-2-4-8-15(12)20/h1-8,10,23H/b17-13+. The van der Waals surface area contributed by atoms with E-state index in [0.29, 0.717) is 26.9 Å².